The van der Waals surface area contributed by atoms with Gasteiger partial charge in [0.15, 0.2) is 0 Å². The highest BCUT2D eigenvalue weighted by atomic mass is 16.5. The van der Waals surface area contributed by atoms with Crippen LogP contribution in [0.4, 0.5) is 5.69 Å². The Morgan fingerprint density at radius 3 is 2.32 bits per heavy atom. The van der Waals surface area contributed by atoms with Crippen LogP contribution >= 0.6 is 0 Å². The molecule has 3 aliphatic rings. The number of hydrogen-bond donors (Lipinski definition) is 2. The van der Waals surface area contributed by atoms with Crippen molar-refractivity contribution in [2.45, 2.75) is 69.7 Å². The highest BCUT2D eigenvalue weighted by Gasteiger charge is 2.45. The molecular weight excluding hydrogens is 678 g/mol. The first-order chi connectivity index (χ1) is 25.6. The summed E-state index contributed by atoms with van der Waals surface area (Å²) >= 11 is 0. The highest BCUT2D eigenvalue weighted by Crippen LogP contribution is 2.36. The third-order valence-corrected chi connectivity index (χ3v) is 10.0. The molecule has 0 radical (unpaired) electrons. The molecular formula is C39H35N7O7. The van der Waals surface area contributed by atoms with E-state index in [9.17, 15) is 19.2 Å². The third kappa shape index (κ3) is 6.70. The maximum atomic E-state index is 13.2. The Labute approximate surface area is 303 Å². The van der Waals surface area contributed by atoms with Crippen LogP contribution in [0.5, 0.6) is 11.5 Å². The van der Waals surface area contributed by atoms with Crippen molar-refractivity contribution in [2.24, 2.45) is 0 Å². The molecule has 5 aromatic rings. The van der Waals surface area contributed by atoms with Crippen LogP contribution in [0.2, 0.25) is 0 Å². The minimum atomic E-state index is -0.990. The highest BCUT2D eigenvalue weighted by molar-refractivity contribution is 6.23. The lowest BCUT2D eigenvalue weighted by molar-refractivity contribution is -0.136. The molecule has 2 fully saturated rings. The fraction of sp³-hybridized carbons (Fsp3) is 0.282. The molecule has 1 saturated heterocycles. The predicted molar refractivity (Wildman–Crippen MR) is 189 cm³/mol. The van der Waals surface area contributed by atoms with Crippen molar-refractivity contribution in [2.75, 3.05) is 5.32 Å². The Hall–Kier alpha value is -6.44. The lowest BCUT2D eigenvalue weighted by atomic mass is 9.78. The summed E-state index contributed by atoms with van der Waals surface area (Å²) in [5.74, 6) is 0.0323. The van der Waals surface area contributed by atoms with E-state index in [1.54, 1.807) is 30.5 Å². The number of fused-ring (bicyclic) bond motifs is 1. The number of benzene rings is 3. The van der Waals surface area contributed by atoms with Crippen molar-refractivity contribution in [1.82, 2.24) is 30.4 Å². The van der Waals surface area contributed by atoms with Crippen LogP contribution < -0.4 is 20.1 Å². The number of imide groups is 2. The molecule has 268 valence electrons. The molecule has 2 N–H and O–H groups in total. The van der Waals surface area contributed by atoms with Crippen molar-refractivity contribution in [1.29, 1.82) is 0 Å². The molecule has 1 unspecified atom stereocenters. The van der Waals surface area contributed by atoms with E-state index in [-0.39, 0.29) is 54.0 Å². The molecule has 4 heterocycles. The molecule has 2 aliphatic heterocycles. The van der Waals surface area contributed by atoms with Crippen LogP contribution in [-0.4, -0.2) is 66.9 Å². The van der Waals surface area contributed by atoms with E-state index in [2.05, 4.69) is 68.9 Å². The molecule has 8 rings (SSSR count). The molecule has 4 amide bonds. The molecule has 2 aromatic heterocycles. The standard InChI is InChI=1S/C39H35N7O7/c1-39(2,22-3-8-27(9-4-22)51-20-25-15-16-40-34(43-25)36-45-41-21-52-36)23-5-10-28(11-6-23)53-29-17-26(18-29)42-24-7-12-30-31(19-24)38(50)46(37(30)49)32-13-14-33(47)44-35(32)48/h3-12,15-16,19,21,26,29,32,42H,13-14,17-18,20H2,1-2H3,(H,44,47,48)/t26-,29+,32?. The Bertz CT molecular complexity index is 2200. The monoisotopic (exact) mass is 713 g/mol. The Morgan fingerprint density at radius 1 is 0.906 bits per heavy atom. The van der Waals surface area contributed by atoms with Gasteiger partial charge in [0.1, 0.15) is 30.3 Å². The third-order valence-electron chi connectivity index (χ3n) is 10.0. The second-order valence-corrected chi connectivity index (χ2v) is 13.8. The lowest BCUT2D eigenvalue weighted by Gasteiger charge is -2.36. The molecule has 3 aromatic carbocycles. The van der Waals surface area contributed by atoms with E-state index in [1.165, 1.54) is 6.39 Å². The minimum absolute atomic E-state index is 0.0345. The minimum Gasteiger partial charge on any atom is -0.490 e. The van der Waals surface area contributed by atoms with Crippen molar-refractivity contribution in [3.63, 3.8) is 0 Å². The fourth-order valence-electron chi connectivity index (χ4n) is 6.86. The number of rotatable bonds is 11. The van der Waals surface area contributed by atoms with E-state index in [1.807, 2.05) is 24.3 Å². The first kappa shape index (κ1) is 33.7. The van der Waals surface area contributed by atoms with Crippen molar-refractivity contribution < 1.29 is 33.1 Å². The molecule has 53 heavy (non-hydrogen) atoms. The number of ether oxygens (including phenoxy) is 2. The van der Waals surface area contributed by atoms with E-state index in [0.29, 0.717) is 17.2 Å². The van der Waals surface area contributed by atoms with Crippen LogP contribution in [0.1, 0.15) is 77.1 Å². The summed E-state index contributed by atoms with van der Waals surface area (Å²) in [6, 6.07) is 22.2. The van der Waals surface area contributed by atoms with E-state index in [4.69, 9.17) is 13.9 Å². The summed E-state index contributed by atoms with van der Waals surface area (Å²) in [4.78, 5) is 59.7. The van der Waals surface area contributed by atoms with Crippen molar-refractivity contribution in [3.05, 3.63) is 113 Å². The fourth-order valence-corrected chi connectivity index (χ4v) is 6.86. The van der Waals surface area contributed by atoms with Crippen molar-refractivity contribution >= 4 is 29.3 Å². The normalized spacial score (nSPS) is 19.7. The number of carbonyl (C=O) groups is 4. The SMILES string of the molecule is CC(C)(c1ccc(OCc2ccnc(-c3nnco3)n2)cc1)c1ccc(O[C@H]2C[C@@H](Nc3ccc4c(c3)C(=O)N(C3CCC(=O)NC3=O)C4=O)C2)cc1. The Kier molecular flexibility index (Phi) is 8.64. The molecule has 14 nitrogen and oxygen atoms in total. The summed E-state index contributed by atoms with van der Waals surface area (Å²) in [6.45, 7) is 4.61. The molecule has 0 bridgehead atoms. The molecule has 1 aliphatic carbocycles. The quantitative estimate of drug-likeness (QED) is 0.178. The smallest absolute Gasteiger partial charge is 0.285 e. The summed E-state index contributed by atoms with van der Waals surface area (Å²) in [5.41, 5.74) is 3.91. The maximum Gasteiger partial charge on any atom is 0.285 e. The van der Waals surface area contributed by atoms with Crippen LogP contribution in [0.15, 0.2) is 89.8 Å². The maximum absolute atomic E-state index is 13.2. The van der Waals surface area contributed by atoms with Gasteiger partial charge in [-0.3, -0.25) is 29.4 Å². The first-order valence-electron chi connectivity index (χ1n) is 17.3. The zero-order chi connectivity index (χ0) is 36.7. The van der Waals surface area contributed by atoms with Crippen LogP contribution in [0, 0.1) is 0 Å². The van der Waals surface area contributed by atoms with Gasteiger partial charge in [0.25, 0.3) is 17.7 Å². The van der Waals surface area contributed by atoms with Gasteiger partial charge in [-0.05, 0) is 66.1 Å². The molecule has 1 atom stereocenters. The Morgan fingerprint density at radius 2 is 1.62 bits per heavy atom. The average Bonchev–Trinajstić information content (AvgIpc) is 3.77. The van der Waals surface area contributed by atoms with Gasteiger partial charge in [-0.25, -0.2) is 9.97 Å². The van der Waals surface area contributed by atoms with E-state index < -0.39 is 29.7 Å². The average molecular weight is 714 g/mol. The number of nitrogens with one attached hydrogen (secondary N) is 2. The summed E-state index contributed by atoms with van der Waals surface area (Å²) in [5, 5.41) is 13.2. The van der Waals surface area contributed by atoms with Gasteiger partial charge in [-0.1, -0.05) is 38.1 Å². The van der Waals surface area contributed by atoms with Gasteiger partial charge in [-0.15, -0.1) is 10.2 Å². The zero-order valence-corrected chi connectivity index (χ0v) is 28.9. The second-order valence-electron chi connectivity index (χ2n) is 13.8. The van der Waals surface area contributed by atoms with Gasteiger partial charge >= 0.3 is 0 Å². The van der Waals surface area contributed by atoms with Crippen LogP contribution in [0.3, 0.4) is 0 Å². The number of aromatic nitrogens is 4. The van der Waals surface area contributed by atoms with Gasteiger partial charge in [0.2, 0.25) is 24.0 Å². The van der Waals surface area contributed by atoms with Crippen molar-refractivity contribution in [3.8, 4) is 23.2 Å². The lowest BCUT2D eigenvalue weighted by Crippen LogP contribution is -2.54. The van der Waals surface area contributed by atoms with Gasteiger partial charge in [-0.2, -0.15) is 0 Å². The Balaban J connectivity index is 0.823. The summed E-state index contributed by atoms with van der Waals surface area (Å²) in [7, 11) is 0. The second kappa shape index (κ2) is 13.6. The number of hydrogen-bond acceptors (Lipinski definition) is 12. The summed E-state index contributed by atoms with van der Waals surface area (Å²) in [6.07, 6.45) is 4.63. The summed E-state index contributed by atoms with van der Waals surface area (Å²) < 4.78 is 17.4. The number of amides is 4. The van der Waals surface area contributed by atoms with E-state index >= 15 is 0 Å². The van der Waals surface area contributed by atoms with Crippen LogP contribution in [-0.2, 0) is 21.6 Å². The van der Waals surface area contributed by atoms with Gasteiger partial charge in [0.05, 0.1) is 16.8 Å². The number of nitrogens with zero attached hydrogens (tertiary/aromatic N) is 5. The van der Waals surface area contributed by atoms with Crippen LogP contribution in [0.25, 0.3) is 11.7 Å². The topological polar surface area (TPSA) is 179 Å². The number of anilines is 1. The molecule has 1 saturated carbocycles. The van der Waals surface area contributed by atoms with Gasteiger partial charge < -0.3 is 19.2 Å². The predicted octanol–water partition coefficient (Wildman–Crippen LogP) is 4.85. The largest absolute Gasteiger partial charge is 0.490 e. The zero-order valence-electron chi connectivity index (χ0n) is 28.9. The van der Waals surface area contributed by atoms with Gasteiger partial charge in [0, 0.05) is 42.6 Å². The molecule has 0 spiro atoms. The first-order valence-corrected chi connectivity index (χ1v) is 17.3. The van der Waals surface area contributed by atoms with E-state index in [0.717, 1.165) is 40.4 Å². The molecule has 14 heteroatoms. The number of carbonyl (C=O) groups excluding carboxylic acids is 4. The number of piperidine rings is 1.